The van der Waals surface area contributed by atoms with Crippen LogP contribution in [0.4, 0.5) is 0 Å². The van der Waals surface area contributed by atoms with Crippen molar-refractivity contribution in [3.05, 3.63) is 17.5 Å². The van der Waals surface area contributed by atoms with Gasteiger partial charge in [-0.05, 0) is 43.7 Å². The van der Waals surface area contributed by atoms with Crippen LogP contribution in [0.2, 0.25) is 0 Å². The van der Waals surface area contributed by atoms with Crippen molar-refractivity contribution in [2.75, 3.05) is 6.54 Å². The Labute approximate surface area is 78.9 Å². The molecule has 1 heterocycles. The van der Waals surface area contributed by atoms with Gasteiger partial charge in [-0.3, -0.25) is 4.68 Å². The summed E-state index contributed by atoms with van der Waals surface area (Å²) < 4.78 is 1.89. The van der Waals surface area contributed by atoms with Crippen molar-refractivity contribution in [3.8, 4) is 0 Å². The van der Waals surface area contributed by atoms with Crippen molar-refractivity contribution < 1.29 is 0 Å². The van der Waals surface area contributed by atoms with E-state index in [2.05, 4.69) is 18.2 Å². The van der Waals surface area contributed by atoms with E-state index in [1.165, 1.54) is 24.1 Å². The van der Waals surface area contributed by atoms with Crippen LogP contribution in [-0.4, -0.2) is 16.3 Å². The molecule has 0 amide bonds. The minimum atomic E-state index is 0.402. The van der Waals surface area contributed by atoms with E-state index in [-0.39, 0.29) is 0 Å². The summed E-state index contributed by atoms with van der Waals surface area (Å²) in [7, 11) is 1.97. The molecule has 3 nitrogen and oxygen atoms in total. The van der Waals surface area contributed by atoms with Gasteiger partial charge in [-0.2, -0.15) is 5.10 Å². The molecular formula is C10H17N3. The van der Waals surface area contributed by atoms with E-state index in [0.29, 0.717) is 5.41 Å². The Morgan fingerprint density at radius 1 is 1.62 bits per heavy atom. The van der Waals surface area contributed by atoms with Gasteiger partial charge in [0.1, 0.15) is 0 Å². The molecule has 1 aromatic heterocycles. The average Bonchev–Trinajstić information content (AvgIpc) is 2.77. The van der Waals surface area contributed by atoms with Crippen LogP contribution in [0.5, 0.6) is 0 Å². The van der Waals surface area contributed by atoms with E-state index < -0.39 is 0 Å². The highest BCUT2D eigenvalue weighted by molar-refractivity contribution is 5.18. The second-order valence-electron chi connectivity index (χ2n) is 4.31. The molecule has 1 aliphatic rings. The van der Waals surface area contributed by atoms with Gasteiger partial charge in [0, 0.05) is 13.2 Å². The van der Waals surface area contributed by atoms with Crippen LogP contribution in [0.15, 0.2) is 6.20 Å². The summed E-state index contributed by atoms with van der Waals surface area (Å²) in [5, 5.41) is 4.44. The number of hydrogen-bond donors (Lipinski definition) is 1. The van der Waals surface area contributed by atoms with Crippen molar-refractivity contribution >= 4 is 0 Å². The number of aromatic nitrogens is 2. The lowest BCUT2D eigenvalue weighted by Crippen LogP contribution is -2.18. The monoisotopic (exact) mass is 179 g/mol. The van der Waals surface area contributed by atoms with Crippen LogP contribution in [-0.2, 0) is 13.5 Å². The highest BCUT2D eigenvalue weighted by atomic mass is 15.2. The van der Waals surface area contributed by atoms with Crippen molar-refractivity contribution in [2.45, 2.75) is 26.2 Å². The smallest absolute Gasteiger partial charge is 0.0659 e. The second-order valence-corrected chi connectivity index (χ2v) is 4.31. The minimum Gasteiger partial charge on any atom is -0.330 e. The zero-order chi connectivity index (χ0) is 9.47. The van der Waals surface area contributed by atoms with Gasteiger partial charge < -0.3 is 5.73 Å². The molecule has 1 saturated carbocycles. The minimum absolute atomic E-state index is 0.402. The van der Waals surface area contributed by atoms with Crippen molar-refractivity contribution in [2.24, 2.45) is 18.2 Å². The lowest BCUT2D eigenvalue weighted by Gasteiger charge is -2.09. The molecule has 0 bridgehead atoms. The second kappa shape index (κ2) is 2.84. The Kier molecular flexibility index (Phi) is 1.91. The Morgan fingerprint density at radius 2 is 2.31 bits per heavy atom. The van der Waals surface area contributed by atoms with E-state index in [9.17, 15) is 0 Å². The molecule has 2 N–H and O–H groups in total. The highest BCUT2D eigenvalue weighted by Crippen LogP contribution is 2.47. The summed E-state index contributed by atoms with van der Waals surface area (Å²) in [6.45, 7) is 2.93. The fraction of sp³-hybridized carbons (Fsp3) is 0.700. The average molecular weight is 179 g/mol. The molecule has 0 spiro atoms. The SMILES string of the molecule is Cc1cn(C)nc1CC1(CN)CC1. The molecule has 2 rings (SSSR count). The maximum Gasteiger partial charge on any atom is 0.0659 e. The standard InChI is InChI=1S/C10H17N3/c1-8-6-13(2)12-9(8)5-10(7-11)3-4-10/h6H,3-5,7,11H2,1-2H3. The molecule has 1 aromatic rings. The van der Waals surface area contributed by atoms with Gasteiger partial charge in [-0.1, -0.05) is 0 Å². The lowest BCUT2D eigenvalue weighted by atomic mass is 9.99. The van der Waals surface area contributed by atoms with Gasteiger partial charge >= 0.3 is 0 Å². The molecule has 0 unspecified atom stereocenters. The summed E-state index contributed by atoms with van der Waals surface area (Å²) in [6, 6.07) is 0. The molecule has 0 aliphatic heterocycles. The molecular weight excluding hydrogens is 162 g/mol. The van der Waals surface area contributed by atoms with Crippen LogP contribution >= 0.6 is 0 Å². The van der Waals surface area contributed by atoms with Gasteiger partial charge in [0.2, 0.25) is 0 Å². The summed E-state index contributed by atoms with van der Waals surface area (Å²) >= 11 is 0. The molecule has 3 heteroatoms. The third-order valence-corrected chi connectivity index (χ3v) is 3.05. The van der Waals surface area contributed by atoms with Gasteiger partial charge in [0.05, 0.1) is 5.69 Å². The Morgan fingerprint density at radius 3 is 2.69 bits per heavy atom. The fourth-order valence-corrected chi connectivity index (χ4v) is 1.81. The predicted octanol–water partition coefficient (Wildman–Crippen LogP) is 1.01. The van der Waals surface area contributed by atoms with Crippen molar-refractivity contribution in [1.29, 1.82) is 0 Å². The first-order valence-corrected chi connectivity index (χ1v) is 4.84. The third-order valence-electron chi connectivity index (χ3n) is 3.05. The quantitative estimate of drug-likeness (QED) is 0.752. The fourth-order valence-electron chi connectivity index (χ4n) is 1.81. The van der Waals surface area contributed by atoms with Crippen molar-refractivity contribution in [1.82, 2.24) is 9.78 Å². The van der Waals surface area contributed by atoms with Crippen LogP contribution < -0.4 is 5.73 Å². The Bertz CT molecular complexity index is 310. The Hall–Kier alpha value is -0.830. The molecule has 0 aromatic carbocycles. The normalized spacial score (nSPS) is 19.0. The van der Waals surface area contributed by atoms with Crippen LogP contribution in [0.1, 0.15) is 24.1 Å². The third kappa shape index (κ3) is 1.61. The maximum atomic E-state index is 5.74. The molecule has 0 atom stereocenters. The van der Waals surface area contributed by atoms with Crippen LogP contribution in [0, 0.1) is 12.3 Å². The highest BCUT2D eigenvalue weighted by Gasteiger charge is 2.41. The topological polar surface area (TPSA) is 43.8 Å². The van der Waals surface area contributed by atoms with Gasteiger partial charge in [0.15, 0.2) is 0 Å². The zero-order valence-corrected chi connectivity index (χ0v) is 8.38. The summed E-state index contributed by atoms with van der Waals surface area (Å²) in [5.41, 5.74) is 8.66. The molecule has 13 heavy (non-hydrogen) atoms. The van der Waals surface area contributed by atoms with E-state index >= 15 is 0 Å². The number of rotatable bonds is 3. The van der Waals surface area contributed by atoms with E-state index in [0.717, 1.165) is 13.0 Å². The molecule has 1 fully saturated rings. The maximum absolute atomic E-state index is 5.74. The molecule has 1 aliphatic carbocycles. The summed E-state index contributed by atoms with van der Waals surface area (Å²) in [5.74, 6) is 0. The van der Waals surface area contributed by atoms with Crippen molar-refractivity contribution in [3.63, 3.8) is 0 Å². The Balaban J connectivity index is 2.13. The van der Waals surface area contributed by atoms with E-state index in [1.807, 2.05) is 11.7 Å². The van der Waals surface area contributed by atoms with Crippen LogP contribution in [0.25, 0.3) is 0 Å². The zero-order valence-electron chi connectivity index (χ0n) is 8.38. The van der Waals surface area contributed by atoms with Gasteiger partial charge in [-0.15, -0.1) is 0 Å². The first kappa shape index (κ1) is 8.75. The lowest BCUT2D eigenvalue weighted by molar-refractivity contribution is 0.508. The number of nitrogens with zero attached hydrogens (tertiary/aromatic N) is 2. The summed E-state index contributed by atoms with van der Waals surface area (Å²) in [6.07, 6.45) is 5.69. The largest absolute Gasteiger partial charge is 0.330 e. The van der Waals surface area contributed by atoms with Crippen LogP contribution in [0.3, 0.4) is 0 Å². The van der Waals surface area contributed by atoms with Gasteiger partial charge in [-0.25, -0.2) is 0 Å². The first-order chi connectivity index (χ1) is 6.15. The molecule has 0 saturated heterocycles. The number of nitrogens with two attached hydrogens (primary N) is 1. The van der Waals surface area contributed by atoms with E-state index in [1.54, 1.807) is 0 Å². The summed E-state index contributed by atoms with van der Waals surface area (Å²) in [4.78, 5) is 0. The van der Waals surface area contributed by atoms with E-state index in [4.69, 9.17) is 5.73 Å². The number of aryl methyl sites for hydroxylation is 2. The number of hydrogen-bond acceptors (Lipinski definition) is 2. The van der Waals surface area contributed by atoms with Gasteiger partial charge in [0.25, 0.3) is 0 Å². The molecule has 72 valence electrons. The predicted molar refractivity (Wildman–Crippen MR) is 52.4 cm³/mol. The molecule has 0 radical (unpaired) electrons. The first-order valence-electron chi connectivity index (χ1n) is 4.84.